The molecule has 0 atom stereocenters. The van der Waals surface area contributed by atoms with Crippen molar-refractivity contribution in [1.29, 1.82) is 0 Å². The highest BCUT2D eigenvalue weighted by atomic mass is 16.6. The fourth-order valence-corrected chi connectivity index (χ4v) is 2.46. The van der Waals surface area contributed by atoms with Gasteiger partial charge in [-0.25, -0.2) is 0 Å². The lowest BCUT2D eigenvalue weighted by molar-refractivity contribution is -0.154. The Kier molecular flexibility index (Phi) is 6.60. The third-order valence-electron chi connectivity index (χ3n) is 3.73. The van der Waals surface area contributed by atoms with Crippen LogP contribution in [0.4, 0.5) is 0 Å². The van der Waals surface area contributed by atoms with E-state index < -0.39 is 30.2 Å². The molecule has 0 N–H and O–H groups in total. The van der Waals surface area contributed by atoms with Crippen LogP contribution in [0, 0.1) is 0 Å². The van der Waals surface area contributed by atoms with Crippen molar-refractivity contribution in [2.45, 2.75) is 26.2 Å². The zero-order chi connectivity index (χ0) is 19.1. The molecule has 2 rings (SSSR count). The first-order valence-electron chi connectivity index (χ1n) is 8.22. The Morgan fingerprint density at radius 2 is 1.50 bits per heavy atom. The van der Waals surface area contributed by atoms with E-state index in [9.17, 15) is 24.0 Å². The predicted octanol–water partition coefficient (Wildman–Crippen LogP) is 1.13. The number of benzene rings is 1. The summed E-state index contributed by atoms with van der Waals surface area (Å²) < 4.78 is 9.39. The molecule has 0 aromatic heterocycles. The summed E-state index contributed by atoms with van der Waals surface area (Å²) in [7, 11) is 0. The summed E-state index contributed by atoms with van der Waals surface area (Å²) in [5.74, 6) is -2.55. The highest BCUT2D eigenvalue weighted by molar-refractivity contribution is 6.21. The van der Waals surface area contributed by atoms with E-state index in [1.54, 1.807) is 31.2 Å². The van der Waals surface area contributed by atoms with Crippen LogP contribution in [0.3, 0.4) is 0 Å². The Morgan fingerprint density at radius 3 is 2.08 bits per heavy atom. The van der Waals surface area contributed by atoms with Crippen LogP contribution in [0.1, 0.15) is 46.9 Å². The third-order valence-corrected chi connectivity index (χ3v) is 3.73. The number of Topliss-reactive ketones (excluding diaryl/α,β-unsaturated/α-hetero) is 1. The lowest BCUT2D eigenvalue weighted by atomic mass is 10.1. The van der Waals surface area contributed by atoms with Gasteiger partial charge in [-0.2, -0.15) is 0 Å². The van der Waals surface area contributed by atoms with Crippen molar-refractivity contribution >= 4 is 29.5 Å². The fraction of sp³-hybridized carbons (Fsp3) is 0.389. The predicted molar refractivity (Wildman–Crippen MR) is 88.3 cm³/mol. The first-order chi connectivity index (χ1) is 12.4. The number of ether oxygens (including phenoxy) is 2. The third kappa shape index (κ3) is 4.75. The first kappa shape index (κ1) is 19.3. The van der Waals surface area contributed by atoms with Gasteiger partial charge in [0.25, 0.3) is 11.8 Å². The molecule has 26 heavy (non-hydrogen) atoms. The van der Waals surface area contributed by atoms with E-state index >= 15 is 0 Å². The Labute approximate surface area is 150 Å². The first-order valence-corrected chi connectivity index (χ1v) is 8.22. The van der Waals surface area contributed by atoms with Crippen molar-refractivity contribution in [2.24, 2.45) is 0 Å². The van der Waals surface area contributed by atoms with Crippen LogP contribution in [-0.2, 0) is 23.9 Å². The van der Waals surface area contributed by atoms with E-state index in [-0.39, 0.29) is 38.4 Å². The minimum Gasteiger partial charge on any atom is -0.466 e. The fourth-order valence-electron chi connectivity index (χ4n) is 2.46. The normalized spacial score (nSPS) is 12.7. The van der Waals surface area contributed by atoms with Gasteiger partial charge in [0.1, 0.15) is 12.2 Å². The number of nitrogens with zero attached hydrogens (tertiary/aromatic N) is 1. The summed E-state index contributed by atoms with van der Waals surface area (Å²) in [5.41, 5.74) is 0.663. The van der Waals surface area contributed by atoms with Crippen LogP contribution in [0.15, 0.2) is 24.3 Å². The van der Waals surface area contributed by atoms with E-state index in [0.717, 1.165) is 4.90 Å². The number of amides is 2. The molecule has 0 spiro atoms. The summed E-state index contributed by atoms with van der Waals surface area (Å²) in [6.45, 7) is 1.60. The van der Waals surface area contributed by atoms with Gasteiger partial charge in [-0.05, 0) is 19.1 Å². The molecule has 1 aromatic rings. The average Bonchev–Trinajstić information content (AvgIpc) is 2.84. The molecule has 1 aliphatic rings. The average molecular weight is 361 g/mol. The van der Waals surface area contributed by atoms with Crippen molar-refractivity contribution < 1.29 is 33.4 Å². The smallest absolute Gasteiger partial charge is 0.317 e. The maximum absolute atomic E-state index is 12.2. The quantitative estimate of drug-likeness (QED) is 0.368. The summed E-state index contributed by atoms with van der Waals surface area (Å²) in [6, 6.07) is 6.48. The van der Waals surface area contributed by atoms with Crippen LogP contribution < -0.4 is 0 Å². The van der Waals surface area contributed by atoms with Crippen LogP contribution in [0.25, 0.3) is 0 Å². The number of hydrogen-bond acceptors (Lipinski definition) is 7. The van der Waals surface area contributed by atoms with E-state index in [4.69, 9.17) is 4.74 Å². The summed E-state index contributed by atoms with van der Waals surface area (Å²) >= 11 is 0. The Bertz CT molecular complexity index is 706. The topological polar surface area (TPSA) is 107 Å². The van der Waals surface area contributed by atoms with E-state index in [1.165, 1.54) is 0 Å². The number of esters is 2. The van der Waals surface area contributed by atoms with Crippen molar-refractivity contribution in [3.8, 4) is 0 Å². The van der Waals surface area contributed by atoms with Crippen LogP contribution in [0.2, 0.25) is 0 Å². The van der Waals surface area contributed by atoms with E-state index in [0.29, 0.717) is 11.1 Å². The van der Waals surface area contributed by atoms with Gasteiger partial charge in [-0.1, -0.05) is 12.1 Å². The molecule has 0 saturated heterocycles. The van der Waals surface area contributed by atoms with Crippen LogP contribution >= 0.6 is 0 Å². The SMILES string of the molecule is CCOC(=O)CC(=O)OCCC(=O)CCN1C(=O)c2ccccc2C1=O. The van der Waals surface area contributed by atoms with Gasteiger partial charge in [0.15, 0.2) is 0 Å². The molecule has 0 aliphatic carbocycles. The minimum atomic E-state index is -0.767. The van der Waals surface area contributed by atoms with Gasteiger partial charge in [-0.3, -0.25) is 28.9 Å². The summed E-state index contributed by atoms with van der Waals surface area (Å²) in [4.78, 5) is 59.7. The Morgan fingerprint density at radius 1 is 0.923 bits per heavy atom. The standard InChI is InChI=1S/C18H19NO7/c1-2-25-15(21)11-16(22)26-10-8-12(20)7-9-19-17(23)13-5-3-4-6-14(13)18(19)24/h3-6H,2,7-11H2,1H3. The molecule has 1 aliphatic heterocycles. The zero-order valence-electron chi connectivity index (χ0n) is 14.4. The molecule has 8 heteroatoms. The number of rotatable bonds is 9. The van der Waals surface area contributed by atoms with Gasteiger partial charge in [0.05, 0.1) is 24.3 Å². The highest BCUT2D eigenvalue weighted by Crippen LogP contribution is 2.22. The maximum Gasteiger partial charge on any atom is 0.317 e. The van der Waals surface area contributed by atoms with Crippen molar-refractivity contribution in [3.63, 3.8) is 0 Å². The van der Waals surface area contributed by atoms with Gasteiger partial charge in [0.2, 0.25) is 0 Å². The molecule has 8 nitrogen and oxygen atoms in total. The van der Waals surface area contributed by atoms with Crippen molar-refractivity contribution in [1.82, 2.24) is 4.90 Å². The second kappa shape index (κ2) is 8.89. The molecule has 0 fully saturated rings. The molecule has 2 amide bonds. The molecule has 0 saturated carbocycles. The zero-order valence-corrected chi connectivity index (χ0v) is 14.4. The minimum absolute atomic E-state index is 0.0258. The Hall–Kier alpha value is -3.03. The summed E-state index contributed by atoms with van der Waals surface area (Å²) in [6.07, 6.45) is -0.588. The number of imide groups is 1. The van der Waals surface area contributed by atoms with Gasteiger partial charge in [-0.15, -0.1) is 0 Å². The number of hydrogen-bond donors (Lipinski definition) is 0. The van der Waals surface area contributed by atoms with Crippen LogP contribution in [-0.4, -0.2) is 54.2 Å². The molecular formula is C18H19NO7. The largest absolute Gasteiger partial charge is 0.466 e. The van der Waals surface area contributed by atoms with Gasteiger partial charge >= 0.3 is 11.9 Å². The van der Waals surface area contributed by atoms with E-state index in [1.807, 2.05) is 0 Å². The number of carbonyl (C=O) groups is 5. The number of ketones is 1. The van der Waals surface area contributed by atoms with Gasteiger partial charge in [0, 0.05) is 19.4 Å². The van der Waals surface area contributed by atoms with Crippen molar-refractivity contribution in [3.05, 3.63) is 35.4 Å². The Balaban J connectivity index is 1.71. The highest BCUT2D eigenvalue weighted by Gasteiger charge is 2.34. The molecule has 1 aromatic carbocycles. The number of fused-ring (bicyclic) bond motifs is 1. The molecule has 1 heterocycles. The molecule has 0 radical (unpaired) electrons. The molecular weight excluding hydrogens is 342 g/mol. The molecule has 138 valence electrons. The molecule has 0 unspecified atom stereocenters. The summed E-state index contributed by atoms with van der Waals surface area (Å²) in [5, 5.41) is 0. The second-order valence-electron chi connectivity index (χ2n) is 5.55. The maximum atomic E-state index is 12.2. The second-order valence-corrected chi connectivity index (χ2v) is 5.55. The molecule has 0 bridgehead atoms. The lowest BCUT2D eigenvalue weighted by Crippen LogP contribution is -2.32. The lowest BCUT2D eigenvalue weighted by Gasteiger charge is -2.13. The monoisotopic (exact) mass is 361 g/mol. The number of carbonyl (C=O) groups excluding carboxylic acids is 5. The van der Waals surface area contributed by atoms with Crippen molar-refractivity contribution in [2.75, 3.05) is 19.8 Å². The van der Waals surface area contributed by atoms with Crippen LogP contribution in [0.5, 0.6) is 0 Å². The van der Waals surface area contributed by atoms with Gasteiger partial charge < -0.3 is 9.47 Å². The van der Waals surface area contributed by atoms with E-state index in [2.05, 4.69) is 4.74 Å².